The van der Waals surface area contributed by atoms with E-state index in [0.717, 1.165) is 5.56 Å². The van der Waals surface area contributed by atoms with Gasteiger partial charge < -0.3 is 14.6 Å². The molecule has 122 valence electrons. The number of rotatable bonds is 6. The first-order chi connectivity index (χ1) is 11.8. The molecule has 1 heterocycles. The van der Waals surface area contributed by atoms with Crippen LogP contribution in [0.25, 0.3) is 0 Å². The van der Waals surface area contributed by atoms with Crippen molar-refractivity contribution in [2.24, 2.45) is 0 Å². The van der Waals surface area contributed by atoms with Gasteiger partial charge in [-0.05, 0) is 29.8 Å². The summed E-state index contributed by atoms with van der Waals surface area (Å²) in [6.45, 7) is 0. The van der Waals surface area contributed by atoms with Crippen LogP contribution in [0.5, 0.6) is 5.75 Å². The van der Waals surface area contributed by atoms with Crippen molar-refractivity contribution in [3.05, 3.63) is 84.7 Å². The van der Waals surface area contributed by atoms with Crippen molar-refractivity contribution in [3.8, 4) is 5.75 Å². The highest BCUT2D eigenvalue weighted by Gasteiger charge is 2.18. The molecule has 2 aromatic carbocycles. The Morgan fingerprint density at radius 1 is 1.00 bits per heavy atom. The second-order valence-corrected chi connectivity index (χ2v) is 5.51. The first-order valence-electron chi connectivity index (χ1n) is 7.88. The zero-order valence-corrected chi connectivity index (χ0v) is 13.6. The molecule has 1 N–H and O–H groups in total. The molecule has 0 saturated heterocycles. The van der Waals surface area contributed by atoms with Crippen LogP contribution in [0, 0.1) is 0 Å². The van der Waals surface area contributed by atoms with Gasteiger partial charge in [-0.1, -0.05) is 42.5 Å². The van der Waals surface area contributed by atoms with Crippen LogP contribution in [0.2, 0.25) is 0 Å². The SMILES string of the molecule is COc1ccccc1NC(=O)C[C@@H](c1ccccc1)n1cccc1. The van der Waals surface area contributed by atoms with Crippen molar-refractivity contribution in [2.75, 3.05) is 12.4 Å². The maximum atomic E-state index is 12.6. The smallest absolute Gasteiger partial charge is 0.226 e. The second-order valence-electron chi connectivity index (χ2n) is 5.51. The van der Waals surface area contributed by atoms with E-state index in [4.69, 9.17) is 4.74 Å². The fourth-order valence-corrected chi connectivity index (χ4v) is 2.75. The number of benzene rings is 2. The first-order valence-corrected chi connectivity index (χ1v) is 7.88. The van der Waals surface area contributed by atoms with Gasteiger partial charge in [0, 0.05) is 12.4 Å². The molecule has 0 fully saturated rings. The number of ether oxygens (including phenoxy) is 1. The average molecular weight is 320 g/mol. The highest BCUT2D eigenvalue weighted by molar-refractivity contribution is 5.92. The Labute approximate surface area is 141 Å². The van der Waals surface area contributed by atoms with Gasteiger partial charge >= 0.3 is 0 Å². The van der Waals surface area contributed by atoms with E-state index in [-0.39, 0.29) is 11.9 Å². The van der Waals surface area contributed by atoms with Gasteiger partial charge in [0.1, 0.15) is 5.75 Å². The second kappa shape index (κ2) is 7.51. The van der Waals surface area contributed by atoms with Gasteiger partial charge in [-0.25, -0.2) is 0 Å². The number of methoxy groups -OCH3 is 1. The molecule has 1 atom stereocenters. The van der Waals surface area contributed by atoms with Gasteiger partial charge in [0.2, 0.25) is 5.91 Å². The highest BCUT2D eigenvalue weighted by Crippen LogP contribution is 2.26. The summed E-state index contributed by atoms with van der Waals surface area (Å²) in [6, 6.07) is 21.3. The summed E-state index contributed by atoms with van der Waals surface area (Å²) in [6.07, 6.45) is 4.30. The third kappa shape index (κ3) is 3.66. The van der Waals surface area contributed by atoms with Crippen molar-refractivity contribution in [3.63, 3.8) is 0 Å². The number of nitrogens with zero attached hydrogens (tertiary/aromatic N) is 1. The zero-order chi connectivity index (χ0) is 16.8. The third-order valence-electron chi connectivity index (χ3n) is 3.93. The van der Waals surface area contributed by atoms with E-state index in [1.807, 2.05) is 79.1 Å². The van der Waals surface area contributed by atoms with E-state index in [9.17, 15) is 4.79 Å². The number of carbonyl (C=O) groups excluding carboxylic acids is 1. The molecule has 0 unspecified atom stereocenters. The van der Waals surface area contributed by atoms with Crippen LogP contribution in [-0.2, 0) is 4.79 Å². The van der Waals surface area contributed by atoms with Crippen molar-refractivity contribution in [2.45, 2.75) is 12.5 Å². The Morgan fingerprint density at radius 3 is 2.38 bits per heavy atom. The summed E-state index contributed by atoms with van der Waals surface area (Å²) in [4.78, 5) is 12.6. The van der Waals surface area contributed by atoms with E-state index < -0.39 is 0 Å². The van der Waals surface area contributed by atoms with Gasteiger partial charge in [-0.15, -0.1) is 0 Å². The zero-order valence-electron chi connectivity index (χ0n) is 13.6. The van der Waals surface area contributed by atoms with Gasteiger partial charge in [-0.2, -0.15) is 0 Å². The molecular formula is C20H20N2O2. The first kappa shape index (κ1) is 15.9. The highest BCUT2D eigenvalue weighted by atomic mass is 16.5. The average Bonchev–Trinajstić information content (AvgIpc) is 3.15. The monoisotopic (exact) mass is 320 g/mol. The Balaban J connectivity index is 1.79. The lowest BCUT2D eigenvalue weighted by Crippen LogP contribution is -2.19. The number of amides is 1. The van der Waals surface area contributed by atoms with E-state index >= 15 is 0 Å². The van der Waals surface area contributed by atoms with Crippen molar-refractivity contribution >= 4 is 11.6 Å². The predicted octanol–water partition coefficient (Wildman–Crippen LogP) is 4.11. The van der Waals surface area contributed by atoms with Crippen LogP contribution in [0.15, 0.2) is 79.1 Å². The Kier molecular flexibility index (Phi) is 4.96. The molecule has 4 nitrogen and oxygen atoms in total. The minimum absolute atomic E-state index is 0.0455. The van der Waals surface area contributed by atoms with Crippen molar-refractivity contribution in [1.29, 1.82) is 0 Å². The summed E-state index contributed by atoms with van der Waals surface area (Å²) in [5.41, 5.74) is 1.79. The lowest BCUT2D eigenvalue weighted by atomic mass is 10.0. The summed E-state index contributed by atoms with van der Waals surface area (Å²) in [7, 11) is 1.59. The van der Waals surface area contributed by atoms with E-state index in [0.29, 0.717) is 17.9 Å². The molecule has 0 spiro atoms. The number of para-hydroxylation sites is 2. The molecule has 0 radical (unpaired) electrons. The lowest BCUT2D eigenvalue weighted by Gasteiger charge is -2.19. The number of nitrogens with one attached hydrogen (secondary N) is 1. The summed E-state index contributed by atoms with van der Waals surface area (Å²) < 4.78 is 7.34. The van der Waals surface area contributed by atoms with Gasteiger partial charge in [0.05, 0.1) is 25.3 Å². The van der Waals surface area contributed by atoms with E-state index in [1.165, 1.54) is 0 Å². The molecule has 3 aromatic rings. The quantitative estimate of drug-likeness (QED) is 0.742. The third-order valence-corrected chi connectivity index (χ3v) is 3.93. The molecule has 24 heavy (non-hydrogen) atoms. The number of hydrogen-bond acceptors (Lipinski definition) is 2. The van der Waals surface area contributed by atoms with Crippen LogP contribution in [0.4, 0.5) is 5.69 Å². The molecule has 1 aromatic heterocycles. The minimum Gasteiger partial charge on any atom is -0.495 e. The molecule has 3 rings (SSSR count). The van der Waals surface area contributed by atoms with E-state index in [2.05, 4.69) is 9.88 Å². The van der Waals surface area contributed by atoms with Crippen LogP contribution in [0.1, 0.15) is 18.0 Å². The largest absolute Gasteiger partial charge is 0.495 e. The summed E-state index contributed by atoms with van der Waals surface area (Å²) in [5.74, 6) is 0.602. The van der Waals surface area contributed by atoms with Crippen LogP contribution >= 0.6 is 0 Å². The molecule has 0 aliphatic carbocycles. The van der Waals surface area contributed by atoms with E-state index in [1.54, 1.807) is 7.11 Å². The standard InChI is InChI=1S/C20H20N2O2/c1-24-19-12-6-5-11-17(19)21-20(23)15-18(22-13-7-8-14-22)16-9-3-2-4-10-16/h2-14,18H,15H2,1H3,(H,21,23)/t18-/m0/s1. The molecule has 0 bridgehead atoms. The fourth-order valence-electron chi connectivity index (χ4n) is 2.75. The number of aromatic nitrogens is 1. The molecule has 0 saturated carbocycles. The Hall–Kier alpha value is -3.01. The number of hydrogen-bond donors (Lipinski definition) is 1. The Bertz CT molecular complexity index is 782. The predicted molar refractivity (Wildman–Crippen MR) is 95.3 cm³/mol. The van der Waals surface area contributed by atoms with Gasteiger partial charge in [0.15, 0.2) is 0 Å². The maximum Gasteiger partial charge on any atom is 0.226 e. The normalized spacial score (nSPS) is 11.7. The topological polar surface area (TPSA) is 43.3 Å². The lowest BCUT2D eigenvalue weighted by molar-refractivity contribution is -0.116. The summed E-state index contributed by atoms with van der Waals surface area (Å²) in [5, 5.41) is 2.95. The molecule has 1 amide bonds. The molecule has 0 aliphatic heterocycles. The van der Waals surface area contributed by atoms with Gasteiger partial charge in [0.25, 0.3) is 0 Å². The summed E-state index contributed by atoms with van der Waals surface area (Å²) >= 11 is 0. The van der Waals surface area contributed by atoms with Crippen molar-refractivity contribution in [1.82, 2.24) is 4.57 Å². The maximum absolute atomic E-state index is 12.6. The van der Waals surface area contributed by atoms with Crippen LogP contribution < -0.4 is 10.1 Å². The van der Waals surface area contributed by atoms with Crippen molar-refractivity contribution < 1.29 is 9.53 Å². The molecule has 4 heteroatoms. The Morgan fingerprint density at radius 2 is 1.67 bits per heavy atom. The fraction of sp³-hybridized carbons (Fsp3) is 0.150. The minimum atomic E-state index is -0.0537. The number of carbonyl (C=O) groups is 1. The number of anilines is 1. The molecular weight excluding hydrogens is 300 g/mol. The van der Waals surface area contributed by atoms with Gasteiger partial charge in [-0.3, -0.25) is 4.79 Å². The van der Waals surface area contributed by atoms with Crippen LogP contribution in [-0.4, -0.2) is 17.6 Å². The van der Waals surface area contributed by atoms with Crippen LogP contribution in [0.3, 0.4) is 0 Å². The molecule has 0 aliphatic rings.